The van der Waals surface area contributed by atoms with Crippen LogP contribution >= 0.6 is 0 Å². The van der Waals surface area contributed by atoms with Gasteiger partial charge in [0, 0.05) is 44.9 Å². The number of carbonyl (C=O) groups excluding carboxylic acids is 1. The number of ether oxygens (including phenoxy) is 3. The SMILES string of the molecule is COc1cccc(CN2CCC[C@@](O)(CN3CCCOCC3)C2=O)c1OC. The van der Waals surface area contributed by atoms with Crippen molar-refractivity contribution in [1.82, 2.24) is 9.80 Å². The van der Waals surface area contributed by atoms with Crippen molar-refractivity contribution in [2.24, 2.45) is 0 Å². The monoisotopic (exact) mass is 378 g/mol. The maximum atomic E-state index is 13.1. The second kappa shape index (κ2) is 8.91. The summed E-state index contributed by atoms with van der Waals surface area (Å²) in [7, 11) is 3.19. The van der Waals surface area contributed by atoms with E-state index >= 15 is 0 Å². The molecule has 1 aromatic rings. The smallest absolute Gasteiger partial charge is 0.256 e. The maximum absolute atomic E-state index is 13.1. The molecule has 0 radical (unpaired) electrons. The first-order valence-corrected chi connectivity index (χ1v) is 9.59. The van der Waals surface area contributed by atoms with Crippen LogP contribution in [0.15, 0.2) is 18.2 Å². The van der Waals surface area contributed by atoms with Gasteiger partial charge in [0.05, 0.1) is 20.8 Å². The number of β-amino-alcohol motifs (C(OH)–C–C–N with tert-alkyl or cyclic N) is 1. The Labute approximate surface area is 160 Å². The predicted molar refractivity (Wildman–Crippen MR) is 101 cm³/mol. The Kier molecular flexibility index (Phi) is 6.57. The molecule has 2 heterocycles. The number of likely N-dealkylation sites (tertiary alicyclic amines) is 1. The maximum Gasteiger partial charge on any atom is 0.256 e. The van der Waals surface area contributed by atoms with Crippen molar-refractivity contribution in [3.63, 3.8) is 0 Å². The highest BCUT2D eigenvalue weighted by atomic mass is 16.5. The van der Waals surface area contributed by atoms with E-state index in [0.717, 1.165) is 38.1 Å². The average Bonchev–Trinajstić information content (AvgIpc) is 2.93. The largest absolute Gasteiger partial charge is 0.493 e. The van der Waals surface area contributed by atoms with Gasteiger partial charge in [-0.15, -0.1) is 0 Å². The standard InChI is InChI=1S/C20H30N2O5/c1-25-17-7-3-6-16(18(17)26-2)14-22-10-4-8-20(24,19(22)23)15-21-9-5-12-27-13-11-21/h3,6-7,24H,4-5,8-15H2,1-2H3/t20-/m1/s1. The Bertz CT molecular complexity index is 645. The Morgan fingerprint density at radius 3 is 2.78 bits per heavy atom. The van der Waals surface area contributed by atoms with Gasteiger partial charge in [-0.25, -0.2) is 0 Å². The van der Waals surface area contributed by atoms with E-state index in [2.05, 4.69) is 4.90 Å². The molecule has 2 aliphatic rings. The average molecular weight is 378 g/mol. The van der Waals surface area contributed by atoms with Gasteiger partial charge in [0.25, 0.3) is 5.91 Å². The Morgan fingerprint density at radius 1 is 1.15 bits per heavy atom. The zero-order valence-corrected chi connectivity index (χ0v) is 16.3. The van der Waals surface area contributed by atoms with E-state index in [1.54, 1.807) is 19.1 Å². The van der Waals surface area contributed by atoms with Crippen LogP contribution < -0.4 is 9.47 Å². The number of hydrogen-bond donors (Lipinski definition) is 1. The van der Waals surface area contributed by atoms with E-state index in [1.807, 2.05) is 18.2 Å². The van der Waals surface area contributed by atoms with E-state index in [9.17, 15) is 9.90 Å². The van der Waals surface area contributed by atoms with E-state index in [1.165, 1.54) is 0 Å². The van der Waals surface area contributed by atoms with Crippen molar-refractivity contribution in [2.45, 2.75) is 31.4 Å². The quantitative estimate of drug-likeness (QED) is 0.804. The fourth-order valence-corrected chi connectivity index (χ4v) is 3.97. The lowest BCUT2D eigenvalue weighted by Gasteiger charge is -2.40. The minimum absolute atomic E-state index is 0.205. The highest BCUT2D eigenvalue weighted by Crippen LogP contribution is 2.33. The van der Waals surface area contributed by atoms with Gasteiger partial charge in [-0.1, -0.05) is 12.1 Å². The van der Waals surface area contributed by atoms with Crippen LogP contribution in [0.4, 0.5) is 0 Å². The van der Waals surface area contributed by atoms with Crippen LogP contribution in [0.2, 0.25) is 0 Å². The van der Waals surface area contributed by atoms with Crippen LogP contribution in [0.5, 0.6) is 11.5 Å². The first kappa shape index (κ1) is 19.9. The molecule has 2 aliphatic heterocycles. The van der Waals surface area contributed by atoms with Gasteiger partial charge in [0.2, 0.25) is 0 Å². The third kappa shape index (κ3) is 4.54. The first-order valence-electron chi connectivity index (χ1n) is 9.59. The molecule has 27 heavy (non-hydrogen) atoms. The number of methoxy groups -OCH3 is 2. The molecule has 1 atom stereocenters. The van der Waals surface area contributed by atoms with Crippen LogP contribution in [-0.2, 0) is 16.1 Å². The van der Waals surface area contributed by atoms with Crippen LogP contribution in [0, 0.1) is 0 Å². The molecule has 0 aromatic heterocycles. The molecule has 2 saturated heterocycles. The summed E-state index contributed by atoms with van der Waals surface area (Å²) in [6, 6.07) is 5.64. The fourth-order valence-electron chi connectivity index (χ4n) is 3.97. The first-order chi connectivity index (χ1) is 13.1. The molecule has 0 bridgehead atoms. The van der Waals surface area contributed by atoms with Gasteiger partial charge >= 0.3 is 0 Å². The molecule has 0 unspecified atom stereocenters. The topological polar surface area (TPSA) is 71.5 Å². The zero-order valence-electron chi connectivity index (χ0n) is 16.3. The molecular weight excluding hydrogens is 348 g/mol. The number of rotatable bonds is 6. The Hall–Kier alpha value is -1.83. The summed E-state index contributed by atoms with van der Waals surface area (Å²) in [4.78, 5) is 17.0. The highest BCUT2D eigenvalue weighted by molar-refractivity contribution is 5.86. The number of carbonyl (C=O) groups is 1. The van der Waals surface area contributed by atoms with Crippen molar-refractivity contribution in [3.8, 4) is 11.5 Å². The fraction of sp³-hybridized carbons (Fsp3) is 0.650. The summed E-state index contributed by atoms with van der Waals surface area (Å²) < 4.78 is 16.3. The minimum atomic E-state index is -1.34. The lowest BCUT2D eigenvalue weighted by Crippen LogP contribution is -2.58. The van der Waals surface area contributed by atoms with E-state index in [0.29, 0.717) is 44.2 Å². The Balaban J connectivity index is 1.73. The summed E-state index contributed by atoms with van der Waals surface area (Å²) in [6.07, 6.45) is 2.20. The zero-order chi connectivity index (χ0) is 19.3. The summed E-state index contributed by atoms with van der Waals surface area (Å²) in [6.45, 7) is 4.37. The molecular formula is C20H30N2O5. The molecule has 3 rings (SSSR count). The number of aliphatic hydroxyl groups is 1. The van der Waals surface area contributed by atoms with Gasteiger partial charge in [-0.2, -0.15) is 0 Å². The molecule has 7 heteroatoms. The van der Waals surface area contributed by atoms with E-state index in [4.69, 9.17) is 14.2 Å². The van der Waals surface area contributed by atoms with Crippen molar-refractivity contribution in [3.05, 3.63) is 23.8 Å². The van der Waals surface area contributed by atoms with Crippen LogP contribution in [-0.4, -0.2) is 80.0 Å². The van der Waals surface area contributed by atoms with Crippen molar-refractivity contribution < 1.29 is 24.1 Å². The molecule has 0 spiro atoms. The molecule has 1 aromatic carbocycles. The molecule has 1 N–H and O–H groups in total. The van der Waals surface area contributed by atoms with Crippen LogP contribution in [0.25, 0.3) is 0 Å². The summed E-state index contributed by atoms with van der Waals surface area (Å²) in [5.41, 5.74) is -0.466. The van der Waals surface area contributed by atoms with Gasteiger partial charge in [-0.05, 0) is 25.3 Å². The number of para-hydroxylation sites is 1. The third-order valence-electron chi connectivity index (χ3n) is 5.35. The number of benzene rings is 1. The lowest BCUT2D eigenvalue weighted by molar-refractivity contribution is -0.160. The number of piperidine rings is 1. The minimum Gasteiger partial charge on any atom is -0.493 e. The van der Waals surface area contributed by atoms with Crippen molar-refractivity contribution in [1.29, 1.82) is 0 Å². The second-order valence-electron chi connectivity index (χ2n) is 7.26. The predicted octanol–water partition coefficient (Wildman–Crippen LogP) is 1.28. The summed E-state index contributed by atoms with van der Waals surface area (Å²) in [5, 5.41) is 11.1. The van der Waals surface area contributed by atoms with Crippen molar-refractivity contribution in [2.75, 3.05) is 53.6 Å². The molecule has 2 fully saturated rings. The van der Waals surface area contributed by atoms with E-state index < -0.39 is 5.60 Å². The molecule has 0 aliphatic carbocycles. The van der Waals surface area contributed by atoms with Crippen molar-refractivity contribution >= 4 is 5.91 Å². The Morgan fingerprint density at radius 2 is 2.00 bits per heavy atom. The molecule has 0 saturated carbocycles. The highest BCUT2D eigenvalue weighted by Gasteiger charge is 2.43. The van der Waals surface area contributed by atoms with Crippen LogP contribution in [0.1, 0.15) is 24.8 Å². The number of nitrogens with zero attached hydrogens (tertiary/aromatic N) is 2. The lowest BCUT2D eigenvalue weighted by atomic mass is 9.90. The number of amides is 1. The number of hydrogen-bond acceptors (Lipinski definition) is 6. The third-order valence-corrected chi connectivity index (χ3v) is 5.35. The second-order valence-corrected chi connectivity index (χ2v) is 7.26. The van der Waals surface area contributed by atoms with Gasteiger partial charge < -0.3 is 24.2 Å². The summed E-state index contributed by atoms with van der Waals surface area (Å²) in [5.74, 6) is 1.06. The van der Waals surface area contributed by atoms with Gasteiger partial charge in [0.15, 0.2) is 17.1 Å². The molecule has 150 valence electrons. The summed E-state index contributed by atoms with van der Waals surface area (Å²) >= 11 is 0. The van der Waals surface area contributed by atoms with Crippen LogP contribution in [0.3, 0.4) is 0 Å². The molecule has 7 nitrogen and oxygen atoms in total. The normalized spacial score (nSPS) is 24.6. The van der Waals surface area contributed by atoms with Gasteiger partial charge in [0.1, 0.15) is 0 Å². The van der Waals surface area contributed by atoms with E-state index in [-0.39, 0.29) is 5.91 Å². The molecule has 1 amide bonds. The van der Waals surface area contributed by atoms with Gasteiger partial charge in [-0.3, -0.25) is 9.69 Å².